The minimum Gasteiger partial charge on any atom is -0.481 e. The number of hydrogen-bond donors (Lipinski definition) is 1. The van der Waals surface area contributed by atoms with Crippen LogP contribution in [0.2, 0.25) is 0 Å². The first-order valence-electron chi connectivity index (χ1n) is 10.3. The zero-order chi connectivity index (χ0) is 24.6. The van der Waals surface area contributed by atoms with Crippen molar-refractivity contribution in [1.82, 2.24) is 13.7 Å². The van der Waals surface area contributed by atoms with Crippen LogP contribution < -0.4 is 9.47 Å². The third kappa shape index (κ3) is 4.31. The van der Waals surface area contributed by atoms with Gasteiger partial charge in [0.05, 0.1) is 24.4 Å². The van der Waals surface area contributed by atoms with E-state index in [0.717, 1.165) is 11.7 Å². The Kier molecular flexibility index (Phi) is 5.87. The SMILES string of the molecule is COc1ccc(CC2=C(c3ccc4nsnc4c3)C(=O)OC2(O)c2ccc(OC(F)F)cc2)cn1. The van der Waals surface area contributed by atoms with Gasteiger partial charge in [-0.15, -0.1) is 0 Å². The van der Waals surface area contributed by atoms with E-state index in [-0.39, 0.29) is 28.9 Å². The fraction of sp³-hybridized carbons (Fsp3) is 0.167. The minimum atomic E-state index is -2.99. The normalized spacial score (nSPS) is 17.8. The molecule has 0 amide bonds. The number of pyridine rings is 1. The maximum Gasteiger partial charge on any atom is 0.387 e. The number of rotatable bonds is 7. The molecule has 0 saturated heterocycles. The van der Waals surface area contributed by atoms with E-state index in [4.69, 9.17) is 9.47 Å². The predicted molar refractivity (Wildman–Crippen MR) is 122 cm³/mol. The van der Waals surface area contributed by atoms with Gasteiger partial charge in [0.2, 0.25) is 5.88 Å². The summed E-state index contributed by atoms with van der Waals surface area (Å²) in [7, 11) is 1.50. The second-order valence-electron chi connectivity index (χ2n) is 7.64. The predicted octanol–water partition coefficient (Wildman–Crippen LogP) is 4.09. The molecule has 35 heavy (non-hydrogen) atoms. The van der Waals surface area contributed by atoms with Crippen LogP contribution in [-0.4, -0.2) is 38.5 Å². The molecule has 0 bridgehead atoms. The number of hydrogen-bond acceptors (Lipinski definition) is 9. The van der Waals surface area contributed by atoms with Gasteiger partial charge in [0.1, 0.15) is 16.8 Å². The summed E-state index contributed by atoms with van der Waals surface area (Å²) in [5.41, 5.74) is 3.07. The Labute approximate surface area is 201 Å². The van der Waals surface area contributed by atoms with Crippen molar-refractivity contribution < 1.29 is 32.9 Å². The number of aliphatic hydroxyl groups is 1. The average molecular weight is 497 g/mol. The number of cyclic esters (lactones) is 1. The summed E-state index contributed by atoms with van der Waals surface area (Å²) in [6, 6.07) is 13.8. The molecule has 1 aliphatic rings. The number of nitrogens with zero attached hydrogens (tertiary/aromatic N) is 3. The highest BCUT2D eigenvalue weighted by molar-refractivity contribution is 7.00. The molecule has 0 saturated carbocycles. The maximum absolute atomic E-state index is 13.1. The van der Waals surface area contributed by atoms with Crippen LogP contribution in [0.4, 0.5) is 8.78 Å². The number of halogens is 2. The summed E-state index contributed by atoms with van der Waals surface area (Å²) in [6.45, 7) is -2.99. The van der Waals surface area contributed by atoms with Gasteiger partial charge in [0, 0.05) is 29.8 Å². The van der Waals surface area contributed by atoms with Crippen molar-refractivity contribution in [2.75, 3.05) is 7.11 Å². The Morgan fingerprint density at radius 1 is 1.09 bits per heavy atom. The Hall–Kier alpha value is -3.96. The summed E-state index contributed by atoms with van der Waals surface area (Å²) in [6.07, 6.45) is 1.68. The Balaban J connectivity index is 1.63. The maximum atomic E-state index is 13.1. The van der Waals surface area contributed by atoms with E-state index in [2.05, 4.69) is 18.5 Å². The summed E-state index contributed by atoms with van der Waals surface area (Å²) < 4.78 is 48.5. The van der Waals surface area contributed by atoms with E-state index < -0.39 is 18.4 Å². The van der Waals surface area contributed by atoms with Crippen molar-refractivity contribution in [3.05, 3.63) is 83.1 Å². The van der Waals surface area contributed by atoms with Gasteiger partial charge >= 0.3 is 12.6 Å². The van der Waals surface area contributed by atoms with E-state index >= 15 is 0 Å². The third-order valence-electron chi connectivity index (χ3n) is 5.56. The molecule has 3 heterocycles. The van der Waals surface area contributed by atoms with Crippen LogP contribution in [0.25, 0.3) is 16.6 Å². The van der Waals surface area contributed by atoms with Gasteiger partial charge in [-0.3, -0.25) is 0 Å². The van der Waals surface area contributed by atoms with E-state index in [9.17, 15) is 18.7 Å². The Morgan fingerprint density at radius 3 is 2.54 bits per heavy atom. The molecule has 0 aliphatic carbocycles. The number of benzene rings is 2. The molecule has 0 spiro atoms. The molecule has 4 aromatic rings. The molecule has 0 radical (unpaired) electrons. The average Bonchev–Trinajstić information content (AvgIpc) is 3.41. The van der Waals surface area contributed by atoms with Gasteiger partial charge in [-0.2, -0.15) is 17.5 Å². The van der Waals surface area contributed by atoms with Crippen molar-refractivity contribution in [2.45, 2.75) is 18.8 Å². The standard InChI is InChI=1S/C24H17F2N3O5S/c1-32-20-9-2-13(12-27-20)10-17-21(14-3-8-18-19(11-14)29-35-28-18)22(30)34-24(17,31)15-4-6-16(7-5-15)33-23(25)26/h2-9,11-12,23,31H,10H2,1H3. The number of carbonyl (C=O) groups excluding carboxylic acids is 1. The molecule has 1 unspecified atom stereocenters. The molecule has 5 rings (SSSR count). The fourth-order valence-corrected chi connectivity index (χ4v) is 4.43. The third-order valence-corrected chi connectivity index (χ3v) is 6.11. The molecule has 1 N–H and O–H groups in total. The Bertz CT molecular complexity index is 1420. The van der Waals surface area contributed by atoms with Gasteiger partial charge in [-0.1, -0.05) is 12.1 Å². The van der Waals surface area contributed by atoms with E-state index in [0.29, 0.717) is 28.0 Å². The number of ether oxygens (including phenoxy) is 3. The number of methoxy groups -OCH3 is 1. The monoisotopic (exact) mass is 497 g/mol. The summed E-state index contributed by atoms with van der Waals surface area (Å²) in [5, 5.41) is 11.7. The number of aromatic nitrogens is 3. The first kappa shape index (κ1) is 22.8. The molecule has 178 valence electrons. The van der Waals surface area contributed by atoms with Crippen LogP contribution in [0, 0.1) is 0 Å². The molecule has 1 atom stereocenters. The molecule has 1 aliphatic heterocycles. The zero-order valence-electron chi connectivity index (χ0n) is 18.1. The molecule has 2 aromatic carbocycles. The lowest BCUT2D eigenvalue weighted by Crippen LogP contribution is -2.29. The molecular formula is C24H17F2N3O5S. The molecule has 11 heteroatoms. The highest BCUT2D eigenvalue weighted by atomic mass is 32.1. The summed E-state index contributed by atoms with van der Waals surface area (Å²) in [4.78, 5) is 17.3. The fourth-order valence-electron chi connectivity index (χ4n) is 3.91. The van der Waals surface area contributed by atoms with Crippen LogP contribution in [-0.2, 0) is 21.7 Å². The van der Waals surface area contributed by atoms with Gasteiger partial charge in [-0.05, 0) is 47.5 Å². The van der Waals surface area contributed by atoms with Crippen LogP contribution in [0.1, 0.15) is 16.7 Å². The van der Waals surface area contributed by atoms with E-state index in [1.807, 2.05) is 0 Å². The second-order valence-corrected chi connectivity index (χ2v) is 8.17. The lowest BCUT2D eigenvalue weighted by molar-refractivity contribution is -0.185. The number of fused-ring (bicyclic) bond motifs is 1. The number of esters is 1. The highest BCUT2D eigenvalue weighted by Gasteiger charge is 2.48. The van der Waals surface area contributed by atoms with Crippen LogP contribution in [0.5, 0.6) is 11.6 Å². The molecule has 8 nitrogen and oxygen atoms in total. The largest absolute Gasteiger partial charge is 0.481 e. The second kappa shape index (κ2) is 9.01. The molecule has 2 aromatic heterocycles. The van der Waals surface area contributed by atoms with Crippen LogP contribution in [0.15, 0.2) is 66.4 Å². The first-order valence-corrected chi connectivity index (χ1v) is 11.1. The molecular weight excluding hydrogens is 480 g/mol. The van der Waals surface area contributed by atoms with Crippen LogP contribution >= 0.6 is 11.7 Å². The highest BCUT2D eigenvalue weighted by Crippen LogP contribution is 2.45. The van der Waals surface area contributed by atoms with Gasteiger partial charge in [-0.25, -0.2) is 9.78 Å². The van der Waals surface area contributed by atoms with Crippen molar-refractivity contribution in [3.8, 4) is 11.6 Å². The van der Waals surface area contributed by atoms with E-state index in [1.54, 1.807) is 36.5 Å². The van der Waals surface area contributed by atoms with Gasteiger partial charge in [0.25, 0.3) is 5.79 Å². The topological polar surface area (TPSA) is 104 Å². The zero-order valence-corrected chi connectivity index (χ0v) is 19.0. The number of carbonyl (C=O) groups is 1. The number of alkyl halides is 2. The van der Waals surface area contributed by atoms with Crippen LogP contribution in [0.3, 0.4) is 0 Å². The smallest absolute Gasteiger partial charge is 0.387 e. The van der Waals surface area contributed by atoms with E-state index in [1.165, 1.54) is 31.4 Å². The minimum absolute atomic E-state index is 0.0942. The lowest BCUT2D eigenvalue weighted by atomic mass is 9.88. The molecule has 0 fully saturated rings. The lowest BCUT2D eigenvalue weighted by Gasteiger charge is -2.26. The Morgan fingerprint density at radius 2 is 1.86 bits per heavy atom. The van der Waals surface area contributed by atoms with Crippen molar-refractivity contribution in [3.63, 3.8) is 0 Å². The van der Waals surface area contributed by atoms with Crippen molar-refractivity contribution >= 4 is 34.3 Å². The van der Waals surface area contributed by atoms with Crippen molar-refractivity contribution in [1.29, 1.82) is 0 Å². The van der Waals surface area contributed by atoms with Crippen molar-refractivity contribution in [2.24, 2.45) is 0 Å². The summed E-state index contributed by atoms with van der Waals surface area (Å²) in [5.74, 6) is -2.57. The summed E-state index contributed by atoms with van der Waals surface area (Å²) >= 11 is 1.05. The first-order chi connectivity index (χ1) is 16.9. The van der Waals surface area contributed by atoms with Gasteiger partial charge in [0.15, 0.2) is 0 Å². The van der Waals surface area contributed by atoms with Gasteiger partial charge < -0.3 is 19.3 Å². The quantitative estimate of drug-likeness (QED) is 0.381.